The molecule has 1 N–H and O–H groups in total. The van der Waals surface area contributed by atoms with Crippen LogP contribution < -0.4 is 10.1 Å². The standard InChI is InChI=1S/C17H21NOS/c1-2-19-16-8-4-3-6-13(16)12-18-15-7-5-9-17-14(15)10-11-20-17/h3-4,6,8,10-11,15,18H,2,5,7,9,12H2,1H3. The van der Waals surface area contributed by atoms with Gasteiger partial charge in [0, 0.05) is 23.0 Å². The van der Waals surface area contributed by atoms with Crippen molar-refractivity contribution >= 4 is 11.3 Å². The first-order valence-corrected chi connectivity index (χ1v) is 8.27. The zero-order valence-corrected chi connectivity index (χ0v) is 12.7. The van der Waals surface area contributed by atoms with Gasteiger partial charge in [-0.15, -0.1) is 11.3 Å². The number of benzene rings is 1. The van der Waals surface area contributed by atoms with Crippen LogP contribution in [0.3, 0.4) is 0 Å². The summed E-state index contributed by atoms with van der Waals surface area (Å²) in [4.78, 5) is 1.56. The van der Waals surface area contributed by atoms with Crippen LogP contribution in [0.2, 0.25) is 0 Å². The van der Waals surface area contributed by atoms with Gasteiger partial charge in [-0.3, -0.25) is 0 Å². The molecule has 0 spiro atoms. The molecule has 0 bridgehead atoms. The van der Waals surface area contributed by atoms with E-state index in [1.807, 2.05) is 24.3 Å². The van der Waals surface area contributed by atoms with Gasteiger partial charge < -0.3 is 10.1 Å². The SMILES string of the molecule is CCOc1ccccc1CNC1CCCc2sccc21. The fraction of sp³-hybridized carbons (Fsp3) is 0.412. The molecule has 0 amide bonds. The highest BCUT2D eigenvalue weighted by molar-refractivity contribution is 7.10. The first-order chi connectivity index (χ1) is 9.88. The van der Waals surface area contributed by atoms with Crippen LogP contribution in [0.15, 0.2) is 35.7 Å². The van der Waals surface area contributed by atoms with Crippen molar-refractivity contribution in [1.29, 1.82) is 0 Å². The zero-order chi connectivity index (χ0) is 13.8. The Morgan fingerprint density at radius 1 is 1.30 bits per heavy atom. The molecule has 1 aliphatic carbocycles. The van der Waals surface area contributed by atoms with Gasteiger partial charge in [0.25, 0.3) is 0 Å². The van der Waals surface area contributed by atoms with E-state index < -0.39 is 0 Å². The molecular formula is C17H21NOS. The molecule has 0 aliphatic heterocycles. The molecule has 3 rings (SSSR count). The highest BCUT2D eigenvalue weighted by Gasteiger charge is 2.20. The summed E-state index contributed by atoms with van der Waals surface area (Å²) in [5.41, 5.74) is 2.76. The molecule has 2 aromatic rings. The molecule has 106 valence electrons. The van der Waals surface area contributed by atoms with Crippen LogP contribution >= 0.6 is 11.3 Å². The maximum atomic E-state index is 5.69. The van der Waals surface area contributed by atoms with E-state index in [0.717, 1.165) is 18.9 Å². The Balaban J connectivity index is 1.69. The summed E-state index contributed by atoms with van der Waals surface area (Å²) in [5, 5.41) is 5.93. The molecule has 0 fully saturated rings. The van der Waals surface area contributed by atoms with Gasteiger partial charge in [0.15, 0.2) is 0 Å². The average Bonchev–Trinajstić information content (AvgIpc) is 2.96. The summed E-state index contributed by atoms with van der Waals surface area (Å²) in [6, 6.07) is 11.1. The third-order valence-electron chi connectivity index (χ3n) is 3.86. The lowest BCUT2D eigenvalue weighted by molar-refractivity contribution is 0.334. The van der Waals surface area contributed by atoms with E-state index >= 15 is 0 Å². The van der Waals surface area contributed by atoms with E-state index in [0.29, 0.717) is 6.04 Å². The molecule has 1 aromatic heterocycles. The van der Waals surface area contributed by atoms with Crippen molar-refractivity contribution in [3.8, 4) is 5.75 Å². The summed E-state index contributed by atoms with van der Waals surface area (Å²) in [7, 11) is 0. The maximum absolute atomic E-state index is 5.69. The van der Waals surface area contributed by atoms with Gasteiger partial charge in [-0.1, -0.05) is 18.2 Å². The lowest BCUT2D eigenvalue weighted by atomic mass is 9.94. The van der Waals surface area contributed by atoms with Crippen molar-refractivity contribution in [2.45, 2.75) is 38.8 Å². The minimum atomic E-state index is 0.500. The van der Waals surface area contributed by atoms with E-state index in [9.17, 15) is 0 Å². The quantitative estimate of drug-likeness (QED) is 0.884. The number of ether oxygens (including phenoxy) is 1. The Hall–Kier alpha value is -1.32. The molecule has 1 unspecified atom stereocenters. The smallest absolute Gasteiger partial charge is 0.123 e. The van der Waals surface area contributed by atoms with E-state index in [2.05, 4.69) is 35.0 Å². The molecule has 3 heteroatoms. The van der Waals surface area contributed by atoms with Crippen molar-refractivity contribution in [3.63, 3.8) is 0 Å². The Labute approximate surface area is 124 Å². The number of fused-ring (bicyclic) bond motifs is 1. The highest BCUT2D eigenvalue weighted by Crippen LogP contribution is 2.33. The second-order valence-electron chi connectivity index (χ2n) is 5.17. The topological polar surface area (TPSA) is 21.3 Å². The lowest BCUT2D eigenvalue weighted by Crippen LogP contribution is -2.24. The maximum Gasteiger partial charge on any atom is 0.123 e. The summed E-state index contributed by atoms with van der Waals surface area (Å²) >= 11 is 1.90. The molecule has 1 atom stereocenters. The number of para-hydroxylation sites is 1. The summed E-state index contributed by atoms with van der Waals surface area (Å²) in [5.74, 6) is 1.00. The minimum Gasteiger partial charge on any atom is -0.494 e. The molecule has 1 aliphatic rings. The Morgan fingerprint density at radius 3 is 3.10 bits per heavy atom. The van der Waals surface area contributed by atoms with Gasteiger partial charge >= 0.3 is 0 Å². The Bertz CT molecular complexity index is 564. The van der Waals surface area contributed by atoms with Crippen LogP contribution in [0.1, 0.15) is 41.8 Å². The first-order valence-electron chi connectivity index (χ1n) is 7.39. The fourth-order valence-electron chi connectivity index (χ4n) is 2.88. The van der Waals surface area contributed by atoms with Crippen molar-refractivity contribution in [1.82, 2.24) is 5.32 Å². The number of aryl methyl sites for hydroxylation is 1. The van der Waals surface area contributed by atoms with Crippen LogP contribution in [-0.2, 0) is 13.0 Å². The molecule has 2 nitrogen and oxygen atoms in total. The van der Waals surface area contributed by atoms with E-state index in [1.165, 1.54) is 30.4 Å². The molecule has 0 saturated carbocycles. The van der Waals surface area contributed by atoms with Gasteiger partial charge in [-0.25, -0.2) is 0 Å². The third-order valence-corrected chi connectivity index (χ3v) is 4.86. The summed E-state index contributed by atoms with van der Waals surface area (Å²) in [6.45, 7) is 3.62. The molecule has 0 saturated heterocycles. The van der Waals surface area contributed by atoms with Crippen molar-refractivity contribution < 1.29 is 4.74 Å². The molecule has 1 heterocycles. The number of rotatable bonds is 5. The normalized spacial score (nSPS) is 17.8. The molecular weight excluding hydrogens is 266 g/mol. The van der Waals surface area contributed by atoms with Crippen LogP contribution in [-0.4, -0.2) is 6.61 Å². The third kappa shape index (κ3) is 2.89. The van der Waals surface area contributed by atoms with E-state index in [-0.39, 0.29) is 0 Å². The van der Waals surface area contributed by atoms with Crippen molar-refractivity contribution in [3.05, 3.63) is 51.7 Å². The summed E-state index contributed by atoms with van der Waals surface area (Å²) < 4.78 is 5.69. The van der Waals surface area contributed by atoms with E-state index in [4.69, 9.17) is 4.74 Å². The van der Waals surface area contributed by atoms with Crippen LogP contribution in [0.25, 0.3) is 0 Å². The van der Waals surface area contributed by atoms with E-state index in [1.54, 1.807) is 4.88 Å². The summed E-state index contributed by atoms with van der Waals surface area (Å²) in [6.07, 6.45) is 3.78. The lowest BCUT2D eigenvalue weighted by Gasteiger charge is -2.24. The minimum absolute atomic E-state index is 0.500. The van der Waals surface area contributed by atoms with Gasteiger partial charge in [-0.05, 0) is 49.3 Å². The highest BCUT2D eigenvalue weighted by atomic mass is 32.1. The molecule has 0 radical (unpaired) electrons. The van der Waals surface area contributed by atoms with Gasteiger partial charge in [0.05, 0.1) is 6.61 Å². The predicted molar refractivity (Wildman–Crippen MR) is 84.4 cm³/mol. The van der Waals surface area contributed by atoms with Gasteiger partial charge in [0.2, 0.25) is 0 Å². The molecule has 20 heavy (non-hydrogen) atoms. The zero-order valence-electron chi connectivity index (χ0n) is 11.9. The monoisotopic (exact) mass is 287 g/mol. The average molecular weight is 287 g/mol. The second kappa shape index (κ2) is 6.42. The van der Waals surface area contributed by atoms with Crippen LogP contribution in [0.4, 0.5) is 0 Å². The second-order valence-corrected chi connectivity index (χ2v) is 6.17. The largest absolute Gasteiger partial charge is 0.494 e. The Morgan fingerprint density at radius 2 is 2.20 bits per heavy atom. The predicted octanol–water partition coefficient (Wildman–Crippen LogP) is 4.31. The number of nitrogens with one attached hydrogen (secondary N) is 1. The number of thiophene rings is 1. The fourth-order valence-corrected chi connectivity index (χ4v) is 3.87. The van der Waals surface area contributed by atoms with Crippen LogP contribution in [0.5, 0.6) is 5.75 Å². The number of hydrogen-bond donors (Lipinski definition) is 1. The number of hydrogen-bond acceptors (Lipinski definition) is 3. The van der Waals surface area contributed by atoms with Gasteiger partial charge in [0.1, 0.15) is 5.75 Å². The van der Waals surface area contributed by atoms with Gasteiger partial charge in [-0.2, -0.15) is 0 Å². The Kier molecular flexibility index (Phi) is 4.38. The van der Waals surface area contributed by atoms with Crippen LogP contribution in [0, 0.1) is 0 Å². The molecule has 1 aromatic carbocycles. The van der Waals surface area contributed by atoms with Crippen molar-refractivity contribution in [2.24, 2.45) is 0 Å². The van der Waals surface area contributed by atoms with Crippen molar-refractivity contribution in [2.75, 3.05) is 6.61 Å². The first kappa shape index (κ1) is 13.7.